The molecule has 10 heteroatoms. The Morgan fingerprint density at radius 3 is 2.62 bits per heavy atom. The summed E-state index contributed by atoms with van der Waals surface area (Å²) < 4.78 is 68.0. The van der Waals surface area contributed by atoms with E-state index in [1.807, 2.05) is 0 Å². The van der Waals surface area contributed by atoms with Gasteiger partial charge in [-0.3, -0.25) is 4.79 Å². The van der Waals surface area contributed by atoms with E-state index in [1.54, 1.807) is 0 Å². The van der Waals surface area contributed by atoms with E-state index in [4.69, 9.17) is 0 Å². The summed E-state index contributed by atoms with van der Waals surface area (Å²) in [5.74, 6) is -2.23. The summed E-state index contributed by atoms with van der Waals surface area (Å²) in [4.78, 5) is 20.0. The molecule has 2 aromatic heterocycles. The Morgan fingerprint density at radius 1 is 1.07 bits per heavy atom. The van der Waals surface area contributed by atoms with Crippen molar-refractivity contribution in [2.75, 3.05) is 6.54 Å². The lowest BCUT2D eigenvalue weighted by Crippen LogP contribution is -2.35. The van der Waals surface area contributed by atoms with E-state index in [9.17, 15) is 26.7 Å². The number of hydrogen-bond donors (Lipinski definition) is 1. The first-order valence-electron chi connectivity index (χ1n) is 8.57. The lowest BCUT2D eigenvalue weighted by molar-refractivity contribution is -0.137. The molecule has 0 unspecified atom stereocenters. The zero-order valence-electron chi connectivity index (χ0n) is 14.7. The van der Waals surface area contributed by atoms with Gasteiger partial charge in [0.2, 0.25) is 0 Å². The third-order valence-electron chi connectivity index (χ3n) is 4.54. The van der Waals surface area contributed by atoms with Crippen molar-refractivity contribution in [3.05, 3.63) is 70.8 Å². The molecule has 1 aliphatic rings. The number of fused-ring (bicyclic) bond motifs is 1. The largest absolute Gasteiger partial charge is 0.416 e. The van der Waals surface area contributed by atoms with E-state index in [1.165, 1.54) is 23.0 Å². The van der Waals surface area contributed by atoms with E-state index in [0.717, 1.165) is 12.1 Å². The summed E-state index contributed by atoms with van der Waals surface area (Å²) in [6.07, 6.45) is -3.56. The Balaban J connectivity index is 1.69. The maximum absolute atomic E-state index is 14.2. The first-order chi connectivity index (χ1) is 13.7. The van der Waals surface area contributed by atoms with Crippen LogP contribution in [0.3, 0.4) is 0 Å². The van der Waals surface area contributed by atoms with Gasteiger partial charge in [0.25, 0.3) is 5.91 Å². The lowest BCUT2D eigenvalue weighted by Gasteiger charge is -2.18. The zero-order valence-corrected chi connectivity index (χ0v) is 14.7. The number of amides is 1. The summed E-state index contributed by atoms with van der Waals surface area (Å²) in [5.41, 5.74) is -0.120. The Kier molecular flexibility index (Phi) is 4.56. The molecule has 3 aromatic rings. The van der Waals surface area contributed by atoms with Crippen LogP contribution in [0, 0.1) is 11.6 Å². The Morgan fingerprint density at radius 2 is 1.86 bits per heavy atom. The molecule has 1 aromatic carbocycles. The van der Waals surface area contributed by atoms with Gasteiger partial charge in [0, 0.05) is 31.3 Å². The summed E-state index contributed by atoms with van der Waals surface area (Å²) in [6.45, 7) is 0.674. The summed E-state index contributed by atoms with van der Waals surface area (Å²) in [5, 5.41) is 2.55. The monoisotopic (exact) mass is 408 g/mol. The van der Waals surface area contributed by atoms with Gasteiger partial charge in [0.1, 0.15) is 17.8 Å². The third-order valence-corrected chi connectivity index (χ3v) is 4.54. The summed E-state index contributed by atoms with van der Waals surface area (Å²) in [6, 6.07) is 4.94. The first kappa shape index (κ1) is 19.0. The van der Waals surface area contributed by atoms with Crippen molar-refractivity contribution >= 4 is 5.91 Å². The lowest BCUT2D eigenvalue weighted by atomic mass is 10.0. The zero-order chi connectivity index (χ0) is 20.8. The van der Waals surface area contributed by atoms with Crippen LogP contribution in [0.25, 0.3) is 11.4 Å². The van der Waals surface area contributed by atoms with Crippen LogP contribution in [0.5, 0.6) is 0 Å². The average Bonchev–Trinajstić information content (AvgIpc) is 2.99. The third kappa shape index (κ3) is 3.69. The van der Waals surface area contributed by atoms with E-state index >= 15 is 0 Å². The second-order valence-electron chi connectivity index (χ2n) is 6.55. The minimum atomic E-state index is -4.67. The predicted molar refractivity (Wildman–Crippen MR) is 92.0 cm³/mol. The van der Waals surface area contributed by atoms with Crippen molar-refractivity contribution in [3.63, 3.8) is 0 Å². The SMILES string of the molecule is O=C1NCCn2c(-c3cc(Cc4cc(F)cc(C(F)(F)F)c4)ncn3)cc(F)c21. The highest BCUT2D eigenvalue weighted by Gasteiger charge is 2.31. The van der Waals surface area contributed by atoms with E-state index in [0.29, 0.717) is 36.2 Å². The molecule has 0 spiro atoms. The topological polar surface area (TPSA) is 59.8 Å². The Bertz CT molecular complexity index is 1110. The molecule has 0 radical (unpaired) electrons. The van der Waals surface area contributed by atoms with Gasteiger partial charge in [-0.15, -0.1) is 0 Å². The predicted octanol–water partition coefficient (Wildman–Crippen LogP) is 3.58. The van der Waals surface area contributed by atoms with E-state index in [2.05, 4.69) is 15.3 Å². The fraction of sp³-hybridized carbons (Fsp3) is 0.211. The molecule has 5 nitrogen and oxygen atoms in total. The molecule has 4 rings (SSSR count). The second kappa shape index (κ2) is 6.94. The summed E-state index contributed by atoms with van der Waals surface area (Å²) >= 11 is 0. The molecular weight excluding hydrogens is 395 g/mol. The highest BCUT2D eigenvalue weighted by atomic mass is 19.4. The number of hydrogen-bond acceptors (Lipinski definition) is 3. The number of alkyl halides is 3. The van der Waals surface area contributed by atoms with Crippen LogP contribution in [0.15, 0.2) is 36.7 Å². The quantitative estimate of drug-likeness (QED) is 0.674. The van der Waals surface area contributed by atoms with Crippen molar-refractivity contribution < 1.29 is 26.7 Å². The van der Waals surface area contributed by atoms with Crippen LogP contribution in [-0.4, -0.2) is 27.0 Å². The van der Waals surface area contributed by atoms with E-state index < -0.39 is 29.3 Å². The van der Waals surface area contributed by atoms with Crippen LogP contribution in [0.1, 0.15) is 27.3 Å². The number of halogens is 5. The van der Waals surface area contributed by atoms with Crippen LogP contribution in [0.2, 0.25) is 0 Å². The minimum absolute atomic E-state index is 0.0765. The smallest absolute Gasteiger partial charge is 0.349 e. The Labute approximate surface area is 161 Å². The number of nitrogens with one attached hydrogen (secondary N) is 1. The molecule has 1 N–H and O–H groups in total. The van der Waals surface area contributed by atoms with Crippen LogP contribution in [-0.2, 0) is 19.1 Å². The number of benzene rings is 1. The maximum atomic E-state index is 14.2. The summed E-state index contributed by atoms with van der Waals surface area (Å²) in [7, 11) is 0. The number of carbonyl (C=O) groups excluding carboxylic acids is 1. The van der Waals surface area contributed by atoms with Gasteiger partial charge in [0.15, 0.2) is 5.82 Å². The molecule has 0 atom stereocenters. The molecule has 0 saturated heterocycles. The van der Waals surface area contributed by atoms with Crippen molar-refractivity contribution in [2.24, 2.45) is 0 Å². The number of rotatable bonds is 3. The van der Waals surface area contributed by atoms with Gasteiger partial charge in [-0.05, 0) is 29.8 Å². The molecule has 0 saturated carbocycles. The van der Waals surface area contributed by atoms with Gasteiger partial charge in [-0.25, -0.2) is 18.7 Å². The minimum Gasteiger partial charge on any atom is -0.349 e. The fourth-order valence-electron chi connectivity index (χ4n) is 3.32. The standard InChI is InChI=1S/C19H13F5N4O/c20-12-4-10(3-11(6-12)19(22,23)24)5-13-7-15(27-9-26-13)16-8-14(21)17-18(29)25-1-2-28(16)17/h3-4,6-9H,1-2,5H2,(H,25,29). The maximum Gasteiger partial charge on any atom is 0.416 e. The second-order valence-corrected chi connectivity index (χ2v) is 6.55. The normalized spacial score (nSPS) is 13.9. The molecule has 150 valence electrons. The van der Waals surface area contributed by atoms with Crippen molar-refractivity contribution in [3.8, 4) is 11.4 Å². The van der Waals surface area contributed by atoms with Crippen LogP contribution < -0.4 is 5.32 Å². The first-order valence-corrected chi connectivity index (χ1v) is 8.57. The molecule has 0 aliphatic carbocycles. The van der Waals surface area contributed by atoms with Gasteiger partial charge >= 0.3 is 6.18 Å². The highest BCUT2D eigenvalue weighted by molar-refractivity contribution is 5.94. The van der Waals surface area contributed by atoms with Crippen LogP contribution >= 0.6 is 0 Å². The van der Waals surface area contributed by atoms with Gasteiger partial charge in [-0.1, -0.05) is 0 Å². The Hall–Kier alpha value is -3.30. The average molecular weight is 408 g/mol. The van der Waals surface area contributed by atoms with Crippen LogP contribution in [0.4, 0.5) is 22.0 Å². The van der Waals surface area contributed by atoms with E-state index in [-0.39, 0.29) is 17.7 Å². The molecule has 0 fully saturated rings. The number of carbonyl (C=O) groups is 1. The van der Waals surface area contributed by atoms with Crippen molar-refractivity contribution in [1.29, 1.82) is 0 Å². The highest BCUT2D eigenvalue weighted by Crippen LogP contribution is 2.31. The van der Waals surface area contributed by atoms with Gasteiger partial charge in [-0.2, -0.15) is 13.2 Å². The molecule has 3 heterocycles. The number of nitrogens with zero attached hydrogens (tertiary/aromatic N) is 3. The molecule has 1 aliphatic heterocycles. The molecular formula is C19H13F5N4O. The number of aromatic nitrogens is 3. The fourth-order valence-corrected chi connectivity index (χ4v) is 3.32. The molecule has 0 bridgehead atoms. The molecule has 1 amide bonds. The van der Waals surface area contributed by atoms with Crippen molar-refractivity contribution in [2.45, 2.75) is 19.1 Å². The van der Waals surface area contributed by atoms with Crippen molar-refractivity contribution in [1.82, 2.24) is 19.9 Å². The molecule has 29 heavy (non-hydrogen) atoms. The van der Waals surface area contributed by atoms with Gasteiger partial charge in [0.05, 0.1) is 17.0 Å². The van der Waals surface area contributed by atoms with Gasteiger partial charge < -0.3 is 9.88 Å².